The predicted octanol–water partition coefficient (Wildman–Crippen LogP) is 1.09. The Hall–Kier alpha value is -0.630. The lowest BCUT2D eigenvalue weighted by atomic mass is 10.2. The molecule has 1 N–H and O–H groups in total. The smallest absolute Gasteiger partial charge is 0.260 e. The van der Waals surface area contributed by atoms with Crippen LogP contribution in [-0.4, -0.2) is 46.4 Å². The monoisotopic (exact) mass is 302 g/mol. The van der Waals surface area contributed by atoms with Crippen LogP contribution in [-0.2, 0) is 16.6 Å². The largest absolute Gasteiger partial charge is 0.392 e. The van der Waals surface area contributed by atoms with Gasteiger partial charge in [0.2, 0.25) is 0 Å². The van der Waals surface area contributed by atoms with Gasteiger partial charge in [0.25, 0.3) is 10.0 Å². The number of rotatable bonds is 3. The topological polar surface area (TPSA) is 70.5 Å². The Bertz CT molecular complexity index is 541. The van der Waals surface area contributed by atoms with Gasteiger partial charge in [0.1, 0.15) is 0 Å². The fourth-order valence-electron chi connectivity index (χ4n) is 1.97. The van der Waals surface area contributed by atoms with E-state index in [9.17, 15) is 8.42 Å². The van der Waals surface area contributed by atoms with Gasteiger partial charge in [-0.3, -0.25) is 0 Å². The molecule has 0 spiro atoms. The van der Waals surface area contributed by atoms with Crippen molar-refractivity contribution in [3.8, 4) is 0 Å². The number of pyridine rings is 1. The molecule has 1 aliphatic rings. The molecule has 0 amide bonds. The Balaban J connectivity index is 2.26. The highest BCUT2D eigenvalue weighted by Gasteiger charge is 2.35. The van der Waals surface area contributed by atoms with E-state index in [0.29, 0.717) is 18.7 Å². The van der Waals surface area contributed by atoms with Gasteiger partial charge in [-0.15, -0.1) is 0 Å². The number of hydrogen-bond acceptors (Lipinski definition) is 5. The van der Waals surface area contributed by atoms with Crippen LogP contribution in [0.25, 0.3) is 0 Å². The van der Waals surface area contributed by atoms with E-state index in [0.717, 1.165) is 5.75 Å². The van der Waals surface area contributed by atoms with E-state index in [-0.39, 0.29) is 16.4 Å². The van der Waals surface area contributed by atoms with Crippen molar-refractivity contribution < 1.29 is 13.5 Å². The number of sulfonamides is 1. The highest BCUT2D eigenvalue weighted by atomic mass is 32.2. The molecule has 1 aromatic heterocycles. The minimum atomic E-state index is -3.53. The third kappa shape index (κ3) is 3.28. The number of aliphatic hydroxyl groups excluding tert-OH is 1. The number of aromatic nitrogens is 1. The van der Waals surface area contributed by atoms with Crippen LogP contribution in [0.2, 0.25) is 0 Å². The summed E-state index contributed by atoms with van der Waals surface area (Å²) in [6.07, 6.45) is 1.40. The van der Waals surface area contributed by atoms with Crippen LogP contribution in [0.15, 0.2) is 23.4 Å². The molecule has 5 nitrogen and oxygen atoms in total. The van der Waals surface area contributed by atoms with Crippen molar-refractivity contribution in [1.29, 1.82) is 0 Å². The van der Waals surface area contributed by atoms with Crippen molar-refractivity contribution in [2.75, 3.05) is 18.8 Å². The molecule has 0 saturated carbocycles. The van der Waals surface area contributed by atoms with E-state index in [2.05, 4.69) is 4.98 Å². The van der Waals surface area contributed by atoms with Crippen LogP contribution < -0.4 is 0 Å². The Kier molecular flexibility index (Phi) is 4.20. The highest BCUT2D eigenvalue weighted by Crippen LogP contribution is 2.32. The number of nitrogens with zero attached hydrogens (tertiary/aromatic N) is 2. The molecule has 1 saturated heterocycles. The van der Waals surface area contributed by atoms with Crippen LogP contribution >= 0.6 is 11.8 Å². The molecule has 19 heavy (non-hydrogen) atoms. The second-order valence-corrected chi connectivity index (χ2v) is 8.80. The summed E-state index contributed by atoms with van der Waals surface area (Å²) in [5.74, 6) is 0.793. The quantitative estimate of drug-likeness (QED) is 0.905. The van der Waals surface area contributed by atoms with E-state index < -0.39 is 10.0 Å². The van der Waals surface area contributed by atoms with Crippen molar-refractivity contribution in [2.45, 2.75) is 30.2 Å². The third-order valence-electron chi connectivity index (χ3n) is 2.97. The summed E-state index contributed by atoms with van der Waals surface area (Å²) in [6, 6.07) is 3.04. The minimum Gasteiger partial charge on any atom is -0.392 e. The molecule has 0 unspecified atom stereocenters. The van der Waals surface area contributed by atoms with Crippen molar-refractivity contribution in [1.82, 2.24) is 9.29 Å². The molecule has 1 fully saturated rings. The summed E-state index contributed by atoms with van der Waals surface area (Å²) in [7, 11) is -3.53. The summed E-state index contributed by atoms with van der Waals surface area (Å²) in [6.45, 7) is 4.95. The van der Waals surface area contributed by atoms with E-state index >= 15 is 0 Å². The van der Waals surface area contributed by atoms with Gasteiger partial charge in [0, 0.05) is 29.8 Å². The van der Waals surface area contributed by atoms with Crippen LogP contribution in [0.5, 0.6) is 0 Å². The average Bonchev–Trinajstić information content (AvgIpc) is 2.37. The predicted molar refractivity (Wildman–Crippen MR) is 75.5 cm³/mol. The maximum Gasteiger partial charge on any atom is 0.260 e. The van der Waals surface area contributed by atoms with E-state index in [4.69, 9.17) is 5.11 Å². The van der Waals surface area contributed by atoms with Gasteiger partial charge < -0.3 is 5.11 Å². The summed E-state index contributed by atoms with van der Waals surface area (Å²) in [5, 5.41) is 8.99. The lowest BCUT2D eigenvalue weighted by molar-refractivity contribution is 0.281. The van der Waals surface area contributed by atoms with Gasteiger partial charge in [-0.25, -0.2) is 13.4 Å². The molecular formula is C12H18N2O3S2. The Morgan fingerprint density at radius 3 is 2.74 bits per heavy atom. The first-order chi connectivity index (χ1) is 8.85. The summed E-state index contributed by atoms with van der Waals surface area (Å²) >= 11 is 1.78. The van der Waals surface area contributed by atoms with Crippen molar-refractivity contribution in [3.05, 3.63) is 23.9 Å². The second kappa shape index (κ2) is 5.40. The Morgan fingerprint density at radius 1 is 1.47 bits per heavy atom. The lowest BCUT2D eigenvalue weighted by Crippen LogP contribution is -2.46. The van der Waals surface area contributed by atoms with Crippen LogP contribution in [0.3, 0.4) is 0 Å². The lowest BCUT2D eigenvalue weighted by Gasteiger charge is -2.36. The summed E-state index contributed by atoms with van der Waals surface area (Å²) in [4.78, 5) is 3.95. The normalized spacial score (nSPS) is 20.4. The summed E-state index contributed by atoms with van der Waals surface area (Å²) in [5.41, 5.74) is 0.605. The number of thioether (sulfide) groups is 1. The first-order valence-electron chi connectivity index (χ1n) is 6.05. The summed E-state index contributed by atoms with van der Waals surface area (Å²) < 4.78 is 26.4. The number of hydrogen-bond donors (Lipinski definition) is 1. The molecule has 1 aromatic rings. The molecule has 2 rings (SSSR count). The zero-order valence-electron chi connectivity index (χ0n) is 11.0. The molecule has 106 valence electrons. The molecular weight excluding hydrogens is 284 g/mol. The average molecular weight is 302 g/mol. The molecule has 0 aliphatic carbocycles. The standard InChI is InChI=1S/C12H18N2O3S2/c1-12(2)9-14(5-6-18-12)19(16,17)11-4-3-10(8-15)7-13-11/h3-4,7,15H,5-6,8-9H2,1-2H3. The van der Waals surface area contributed by atoms with E-state index in [1.807, 2.05) is 13.8 Å². The SMILES string of the molecule is CC1(C)CN(S(=O)(=O)c2ccc(CO)cn2)CCS1. The molecule has 0 aromatic carbocycles. The highest BCUT2D eigenvalue weighted by molar-refractivity contribution is 8.00. The van der Waals surface area contributed by atoms with Gasteiger partial charge in [0.05, 0.1) is 6.61 Å². The maximum absolute atomic E-state index is 12.5. The minimum absolute atomic E-state index is 0.0485. The van der Waals surface area contributed by atoms with Crippen LogP contribution in [0.4, 0.5) is 0 Å². The van der Waals surface area contributed by atoms with Gasteiger partial charge in [0.15, 0.2) is 5.03 Å². The number of aliphatic hydroxyl groups is 1. The molecule has 0 bridgehead atoms. The molecule has 7 heteroatoms. The van der Waals surface area contributed by atoms with Crippen molar-refractivity contribution in [2.24, 2.45) is 0 Å². The van der Waals surface area contributed by atoms with Crippen molar-refractivity contribution >= 4 is 21.8 Å². The van der Waals surface area contributed by atoms with Crippen LogP contribution in [0, 0.1) is 0 Å². The first-order valence-corrected chi connectivity index (χ1v) is 8.48. The fourth-order valence-corrected chi connectivity index (χ4v) is 4.79. The molecule has 0 atom stereocenters. The van der Waals surface area contributed by atoms with Crippen LogP contribution in [0.1, 0.15) is 19.4 Å². The molecule has 1 aliphatic heterocycles. The second-order valence-electron chi connectivity index (χ2n) is 5.11. The Morgan fingerprint density at radius 2 is 2.21 bits per heavy atom. The Labute approximate surface area is 118 Å². The van der Waals surface area contributed by atoms with Gasteiger partial charge in [-0.2, -0.15) is 16.1 Å². The molecule has 2 heterocycles. The maximum atomic E-state index is 12.5. The fraction of sp³-hybridized carbons (Fsp3) is 0.583. The zero-order valence-corrected chi connectivity index (χ0v) is 12.7. The van der Waals surface area contributed by atoms with Crippen molar-refractivity contribution in [3.63, 3.8) is 0 Å². The third-order valence-corrected chi connectivity index (χ3v) is 6.03. The van der Waals surface area contributed by atoms with Gasteiger partial charge >= 0.3 is 0 Å². The zero-order chi connectivity index (χ0) is 14.1. The van der Waals surface area contributed by atoms with Gasteiger partial charge in [-0.1, -0.05) is 6.07 Å². The van der Waals surface area contributed by atoms with E-state index in [1.54, 1.807) is 17.8 Å². The first kappa shape index (κ1) is 14.8. The molecule has 0 radical (unpaired) electrons. The van der Waals surface area contributed by atoms with Gasteiger partial charge in [-0.05, 0) is 25.5 Å². The van der Waals surface area contributed by atoms with E-state index in [1.165, 1.54) is 16.6 Å².